The van der Waals surface area contributed by atoms with Crippen molar-refractivity contribution in [3.05, 3.63) is 35.4 Å². The molecule has 2 rings (SSSR count). The number of benzene rings is 1. The Morgan fingerprint density at radius 3 is 2.32 bits per heavy atom. The first-order valence-electron chi connectivity index (χ1n) is 7.56. The molecule has 1 saturated carbocycles. The number of rotatable bonds is 5. The van der Waals surface area contributed by atoms with E-state index >= 15 is 0 Å². The highest BCUT2D eigenvalue weighted by atomic mass is 16.6. The molecule has 0 aliphatic heterocycles. The summed E-state index contributed by atoms with van der Waals surface area (Å²) < 4.78 is 5.20. The summed E-state index contributed by atoms with van der Waals surface area (Å²) in [7, 11) is 0. The fraction of sp³-hybridized carbons (Fsp3) is 0.529. The Morgan fingerprint density at radius 1 is 1.27 bits per heavy atom. The van der Waals surface area contributed by atoms with Crippen molar-refractivity contribution in [1.82, 2.24) is 5.32 Å². The van der Waals surface area contributed by atoms with Crippen LogP contribution in [0.15, 0.2) is 24.3 Å². The number of carbonyl (C=O) groups excluding carboxylic acids is 1. The van der Waals surface area contributed by atoms with E-state index in [1.54, 1.807) is 20.8 Å². The largest absolute Gasteiger partial charge is 0.481 e. The highest BCUT2D eigenvalue weighted by Gasteiger charge is 2.25. The maximum absolute atomic E-state index is 11.9. The first-order chi connectivity index (χ1) is 10.2. The van der Waals surface area contributed by atoms with E-state index in [1.807, 2.05) is 24.3 Å². The fourth-order valence-electron chi connectivity index (χ4n) is 2.29. The minimum absolute atomic E-state index is 0.179. The van der Waals surface area contributed by atoms with Crippen LogP contribution in [0.25, 0.3) is 0 Å². The van der Waals surface area contributed by atoms with E-state index in [4.69, 9.17) is 9.84 Å². The van der Waals surface area contributed by atoms with Crippen LogP contribution in [0.2, 0.25) is 0 Å². The summed E-state index contributed by atoms with van der Waals surface area (Å²) in [5.41, 5.74) is 1.43. The Morgan fingerprint density at radius 2 is 1.86 bits per heavy atom. The molecule has 1 aromatic carbocycles. The van der Waals surface area contributed by atoms with Crippen LogP contribution in [0.4, 0.5) is 4.79 Å². The molecule has 1 fully saturated rings. The van der Waals surface area contributed by atoms with Gasteiger partial charge in [-0.15, -0.1) is 0 Å². The van der Waals surface area contributed by atoms with Gasteiger partial charge in [-0.25, -0.2) is 4.79 Å². The number of carbonyl (C=O) groups is 2. The lowest BCUT2D eigenvalue weighted by Gasteiger charge is -2.23. The molecule has 1 aliphatic rings. The number of hydrogen-bond donors (Lipinski definition) is 2. The van der Waals surface area contributed by atoms with Gasteiger partial charge in [-0.1, -0.05) is 24.3 Å². The lowest BCUT2D eigenvalue weighted by molar-refractivity contribution is -0.137. The number of carboxylic acid groups (broad SMARTS) is 1. The number of hydrogen-bond acceptors (Lipinski definition) is 3. The Bertz CT molecular complexity index is 541. The van der Waals surface area contributed by atoms with Gasteiger partial charge in [0, 0.05) is 0 Å². The van der Waals surface area contributed by atoms with Crippen LogP contribution in [0.3, 0.4) is 0 Å². The third-order valence-corrected chi connectivity index (χ3v) is 3.46. The van der Waals surface area contributed by atoms with Gasteiger partial charge in [0.2, 0.25) is 0 Å². The SMILES string of the molecule is CC(C)(C)OC(=O)N[C@H](CC(=O)O)c1ccc(C2CC2)cc1. The zero-order chi connectivity index (χ0) is 16.3. The zero-order valence-corrected chi connectivity index (χ0v) is 13.3. The van der Waals surface area contributed by atoms with Crippen LogP contribution in [0.5, 0.6) is 0 Å². The molecule has 0 saturated heterocycles. The van der Waals surface area contributed by atoms with Crippen molar-refractivity contribution in [2.75, 3.05) is 0 Å². The molecule has 120 valence electrons. The number of carboxylic acids is 1. The van der Waals surface area contributed by atoms with Gasteiger partial charge in [0.05, 0.1) is 12.5 Å². The molecule has 0 aromatic heterocycles. The van der Waals surface area contributed by atoms with Gasteiger partial charge in [-0.05, 0) is 50.7 Å². The van der Waals surface area contributed by atoms with Gasteiger partial charge in [-0.2, -0.15) is 0 Å². The predicted molar refractivity (Wildman–Crippen MR) is 82.8 cm³/mol. The van der Waals surface area contributed by atoms with E-state index in [0.29, 0.717) is 5.92 Å². The molecule has 5 heteroatoms. The summed E-state index contributed by atoms with van der Waals surface area (Å²) in [6, 6.07) is 7.20. The van der Waals surface area contributed by atoms with Gasteiger partial charge in [-0.3, -0.25) is 4.79 Å². The van der Waals surface area contributed by atoms with Crippen molar-refractivity contribution >= 4 is 12.1 Å². The molecule has 2 N–H and O–H groups in total. The molecule has 0 radical (unpaired) electrons. The quantitative estimate of drug-likeness (QED) is 0.871. The van der Waals surface area contributed by atoms with Gasteiger partial charge in [0.25, 0.3) is 0 Å². The minimum Gasteiger partial charge on any atom is -0.481 e. The number of amides is 1. The molecule has 0 spiro atoms. The molecule has 1 amide bonds. The molecule has 1 aromatic rings. The summed E-state index contributed by atoms with van der Waals surface area (Å²) in [5, 5.41) is 11.7. The van der Waals surface area contributed by atoms with Crippen LogP contribution < -0.4 is 5.32 Å². The van der Waals surface area contributed by atoms with Crippen molar-refractivity contribution in [2.24, 2.45) is 0 Å². The second-order valence-electron chi connectivity index (χ2n) is 6.74. The molecular weight excluding hydrogens is 282 g/mol. The Hall–Kier alpha value is -2.04. The second-order valence-corrected chi connectivity index (χ2v) is 6.74. The van der Waals surface area contributed by atoms with Crippen LogP contribution >= 0.6 is 0 Å². The summed E-state index contributed by atoms with van der Waals surface area (Å²) in [5.74, 6) is -0.321. The van der Waals surface area contributed by atoms with Gasteiger partial charge in [0.1, 0.15) is 5.60 Å². The predicted octanol–water partition coefficient (Wildman–Crippen LogP) is 3.60. The highest BCUT2D eigenvalue weighted by molar-refractivity contribution is 5.72. The molecule has 1 atom stereocenters. The number of ether oxygens (including phenoxy) is 1. The molecular formula is C17H23NO4. The molecule has 5 nitrogen and oxygen atoms in total. The van der Waals surface area contributed by atoms with Crippen molar-refractivity contribution in [2.45, 2.75) is 57.6 Å². The van der Waals surface area contributed by atoms with E-state index in [2.05, 4.69) is 5.32 Å². The summed E-state index contributed by atoms with van der Waals surface area (Å²) in [6.45, 7) is 5.30. The van der Waals surface area contributed by atoms with E-state index < -0.39 is 23.7 Å². The number of aliphatic carboxylic acids is 1. The molecule has 1 aliphatic carbocycles. The molecule has 0 bridgehead atoms. The van der Waals surface area contributed by atoms with E-state index in [9.17, 15) is 9.59 Å². The smallest absolute Gasteiger partial charge is 0.408 e. The average Bonchev–Trinajstić information content (AvgIpc) is 3.19. The first-order valence-corrected chi connectivity index (χ1v) is 7.56. The molecule has 0 unspecified atom stereocenters. The topological polar surface area (TPSA) is 75.6 Å². The van der Waals surface area contributed by atoms with Crippen molar-refractivity contribution in [1.29, 1.82) is 0 Å². The summed E-state index contributed by atoms with van der Waals surface area (Å²) in [6.07, 6.45) is 1.65. The van der Waals surface area contributed by atoms with Crippen molar-refractivity contribution < 1.29 is 19.4 Å². The maximum Gasteiger partial charge on any atom is 0.408 e. The zero-order valence-electron chi connectivity index (χ0n) is 13.3. The average molecular weight is 305 g/mol. The monoisotopic (exact) mass is 305 g/mol. The van der Waals surface area contributed by atoms with Crippen LogP contribution in [0.1, 0.15) is 63.1 Å². The summed E-state index contributed by atoms with van der Waals surface area (Å²) in [4.78, 5) is 22.9. The second kappa shape index (κ2) is 6.38. The fourth-order valence-corrected chi connectivity index (χ4v) is 2.29. The third kappa shape index (κ3) is 5.06. The number of nitrogens with one attached hydrogen (secondary N) is 1. The Labute approximate surface area is 130 Å². The van der Waals surface area contributed by atoms with Crippen molar-refractivity contribution in [3.8, 4) is 0 Å². The molecule has 0 heterocycles. The standard InChI is InChI=1S/C17H23NO4/c1-17(2,3)22-16(21)18-14(10-15(19)20)13-8-6-12(7-9-13)11-4-5-11/h6-9,11,14H,4-5,10H2,1-3H3,(H,18,21)(H,19,20)/t14-/m1/s1. The lowest BCUT2D eigenvalue weighted by Crippen LogP contribution is -2.35. The highest BCUT2D eigenvalue weighted by Crippen LogP contribution is 2.40. The maximum atomic E-state index is 11.9. The Kier molecular flexibility index (Phi) is 4.74. The number of alkyl carbamates (subject to hydrolysis) is 1. The van der Waals surface area contributed by atoms with Gasteiger partial charge in [0.15, 0.2) is 0 Å². The normalized spacial score (nSPS) is 16.0. The first kappa shape index (κ1) is 16.3. The van der Waals surface area contributed by atoms with Gasteiger partial charge < -0.3 is 15.2 Å². The minimum atomic E-state index is -0.965. The summed E-state index contributed by atoms with van der Waals surface area (Å²) >= 11 is 0. The third-order valence-electron chi connectivity index (χ3n) is 3.46. The van der Waals surface area contributed by atoms with E-state index in [1.165, 1.54) is 18.4 Å². The lowest BCUT2D eigenvalue weighted by atomic mass is 10.0. The van der Waals surface area contributed by atoms with E-state index in [0.717, 1.165) is 5.56 Å². The van der Waals surface area contributed by atoms with Crippen LogP contribution in [0, 0.1) is 0 Å². The Balaban J connectivity index is 2.07. The van der Waals surface area contributed by atoms with Gasteiger partial charge >= 0.3 is 12.1 Å². The molecule has 22 heavy (non-hydrogen) atoms. The van der Waals surface area contributed by atoms with E-state index in [-0.39, 0.29) is 6.42 Å². The van der Waals surface area contributed by atoms with Crippen LogP contribution in [-0.4, -0.2) is 22.8 Å². The van der Waals surface area contributed by atoms with Crippen LogP contribution in [-0.2, 0) is 9.53 Å². The van der Waals surface area contributed by atoms with Crippen molar-refractivity contribution in [3.63, 3.8) is 0 Å².